The number of carbonyl (C=O) groups is 4. The molecule has 2 bridgehead atoms. The van der Waals surface area contributed by atoms with Gasteiger partial charge in [-0.25, -0.2) is 0 Å². The van der Waals surface area contributed by atoms with Gasteiger partial charge in [0.25, 0.3) is 11.5 Å². The number of benzene rings is 2. The molecule has 4 rings (SSSR count). The molecule has 2 heterocycles. The lowest BCUT2D eigenvalue weighted by Gasteiger charge is -2.26. The molecule has 47 heavy (non-hydrogen) atoms. The summed E-state index contributed by atoms with van der Waals surface area (Å²) in [5.74, 6) is -0.512. The van der Waals surface area contributed by atoms with Crippen molar-refractivity contribution in [2.24, 2.45) is 5.92 Å². The van der Waals surface area contributed by atoms with Gasteiger partial charge >= 0.3 is 0 Å². The number of nitrogens with zero attached hydrogens (tertiary/aromatic N) is 2. The van der Waals surface area contributed by atoms with Crippen molar-refractivity contribution in [3.63, 3.8) is 0 Å². The van der Waals surface area contributed by atoms with Gasteiger partial charge in [0.1, 0.15) is 24.1 Å². The summed E-state index contributed by atoms with van der Waals surface area (Å²) >= 11 is 0. The Bertz CT molecular complexity index is 1650. The van der Waals surface area contributed by atoms with Crippen LogP contribution in [0.15, 0.2) is 65.6 Å². The first-order chi connectivity index (χ1) is 22.6. The molecule has 0 unspecified atom stereocenters. The van der Waals surface area contributed by atoms with Gasteiger partial charge in [0.2, 0.25) is 17.7 Å². The van der Waals surface area contributed by atoms with E-state index >= 15 is 0 Å². The molecule has 1 atom stereocenters. The first-order valence-electron chi connectivity index (χ1n) is 15.4. The Morgan fingerprint density at radius 3 is 2.45 bits per heavy atom. The molecule has 250 valence electrons. The first kappa shape index (κ1) is 34.5. The van der Waals surface area contributed by atoms with Crippen molar-refractivity contribution in [1.29, 1.82) is 0 Å². The third-order valence-corrected chi connectivity index (χ3v) is 7.69. The van der Waals surface area contributed by atoms with Gasteiger partial charge < -0.3 is 39.6 Å². The second-order valence-electron chi connectivity index (χ2n) is 11.4. The van der Waals surface area contributed by atoms with Crippen molar-refractivity contribution in [2.45, 2.75) is 45.8 Å². The largest absolute Gasteiger partial charge is 0.496 e. The quantitative estimate of drug-likeness (QED) is 0.381. The fraction of sp³-hybridized carbons (Fsp3) is 0.382. The van der Waals surface area contributed by atoms with Crippen molar-refractivity contribution < 1.29 is 33.4 Å². The third-order valence-electron chi connectivity index (χ3n) is 7.69. The maximum Gasteiger partial charge on any atom is 0.251 e. The molecule has 3 N–H and O–H groups in total. The highest BCUT2D eigenvalue weighted by Crippen LogP contribution is 2.37. The van der Waals surface area contributed by atoms with Crippen LogP contribution in [0.1, 0.15) is 42.6 Å². The van der Waals surface area contributed by atoms with Crippen LogP contribution in [0.4, 0.5) is 0 Å². The highest BCUT2D eigenvalue weighted by Gasteiger charge is 2.27. The number of carbonyl (C=O) groups excluding carboxylic acids is 4. The Hall–Kier alpha value is -5.33. The number of amides is 4. The monoisotopic (exact) mass is 647 g/mol. The van der Waals surface area contributed by atoms with Gasteiger partial charge in [-0.3, -0.25) is 24.0 Å². The topological polar surface area (TPSA) is 157 Å². The zero-order valence-electron chi connectivity index (χ0n) is 27.0. The van der Waals surface area contributed by atoms with Crippen LogP contribution in [0.5, 0.6) is 23.0 Å². The maximum atomic E-state index is 13.5. The number of nitrogens with one attached hydrogen (secondary N) is 3. The minimum Gasteiger partial charge on any atom is -0.496 e. The van der Waals surface area contributed by atoms with Gasteiger partial charge in [0, 0.05) is 30.9 Å². The Kier molecular flexibility index (Phi) is 12.0. The summed E-state index contributed by atoms with van der Waals surface area (Å²) in [4.78, 5) is 66.7. The van der Waals surface area contributed by atoms with Crippen LogP contribution in [-0.4, -0.2) is 73.0 Å². The van der Waals surface area contributed by atoms with Crippen LogP contribution in [0, 0.1) is 5.92 Å². The number of rotatable bonds is 5. The summed E-state index contributed by atoms with van der Waals surface area (Å²) in [6.07, 6.45) is 2.48. The van der Waals surface area contributed by atoms with E-state index in [0.717, 1.165) is 0 Å². The van der Waals surface area contributed by atoms with Crippen LogP contribution in [0.3, 0.4) is 0 Å². The van der Waals surface area contributed by atoms with Gasteiger partial charge in [-0.15, -0.1) is 0 Å². The number of hydrogen-bond donors (Lipinski definition) is 3. The molecule has 0 saturated carbocycles. The minimum atomic E-state index is -0.909. The summed E-state index contributed by atoms with van der Waals surface area (Å²) in [5, 5.41) is 8.53. The van der Waals surface area contributed by atoms with Gasteiger partial charge in [-0.2, -0.15) is 0 Å². The molecule has 1 aliphatic rings. The summed E-state index contributed by atoms with van der Waals surface area (Å²) < 4.78 is 18.6. The van der Waals surface area contributed by atoms with E-state index in [1.54, 1.807) is 62.4 Å². The fourth-order valence-corrected chi connectivity index (χ4v) is 5.10. The smallest absolute Gasteiger partial charge is 0.251 e. The summed E-state index contributed by atoms with van der Waals surface area (Å²) in [5.41, 5.74) is 0.522. The molecule has 13 heteroatoms. The predicted molar refractivity (Wildman–Crippen MR) is 174 cm³/mol. The number of methoxy groups -OCH3 is 2. The molecule has 1 aromatic heterocycles. The highest BCUT2D eigenvalue weighted by molar-refractivity contribution is 5.95. The fourth-order valence-electron chi connectivity index (χ4n) is 5.10. The van der Waals surface area contributed by atoms with Crippen LogP contribution < -0.4 is 35.7 Å². The number of fused-ring (bicyclic) bond motifs is 3. The van der Waals surface area contributed by atoms with E-state index < -0.39 is 23.8 Å². The Balaban J connectivity index is 1.65. The van der Waals surface area contributed by atoms with E-state index in [1.165, 1.54) is 35.9 Å². The van der Waals surface area contributed by atoms with E-state index in [0.29, 0.717) is 47.8 Å². The van der Waals surface area contributed by atoms with Crippen LogP contribution >= 0.6 is 0 Å². The molecule has 0 aliphatic carbocycles. The summed E-state index contributed by atoms with van der Waals surface area (Å²) in [6, 6.07) is 13.7. The van der Waals surface area contributed by atoms with Crippen molar-refractivity contribution >= 4 is 23.6 Å². The van der Waals surface area contributed by atoms with Gasteiger partial charge in [0.05, 0.1) is 32.9 Å². The van der Waals surface area contributed by atoms with E-state index in [2.05, 4.69) is 16.0 Å². The van der Waals surface area contributed by atoms with E-state index in [-0.39, 0.29) is 49.3 Å². The van der Waals surface area contributed by atoms with Crippen molar-refractivity contribution in [3.05, 3.63) is 82.3 Å². The van der Waals surface area contributed by atoms with Crippen molar-refractivity contribution in [3.8, 4) is 23.0 Å². The zero-order chi connectivity index (χ0) is 33.9. The first-order valence-corrected chi connectivity index (χ1v) is 15.4. The highest BCUT2D eigenvalue weighted by atomic mass is 16.5. The van der Waals surface area contributed by atoms with Crippen LogP contribution in [-0.2, 0) is 27.5 Å². The maximum absolute atomic E-state index is 13.5. The summed E-state index contributed by atoms with van der Waals surface area (Å²) in [7, 11) is 2.99. The predicted octanol–water partition coefficient (Wildman–Crippen LogP) is 2.47. The Morgan fingerprint density at radius 1 is 0.936 bits per heavy atom. The standard InChI is InChI=1S/C34H41N5O8/c1-22(2)32-34(44)36-19-24-25(45-3)10-9-11-26(24)47-28-18-23(13-14-27(28)46-4)33(43)35-15-6-8-17-38(20-29(40)37-32)31(42)21-39-16-7-5-12-30(39)41/h5,7,9-14,16,18,22,32H,6,8,15,17,19-21H2,1-4H3,(H,35,43)(H,36,44)(H,37,40)/t32-/m1/s1. The molecule has 3 aromatic rings. The summed E-state index contributed by atoms with van der Waals surface area (Å²) in [6.45, 7) is 3.54. The SMILES string of the molecule is COc1ccc2cc1Oc1cccc(OC)c1CNC(=O)[C@@H](C(C)C)NC(=O)CN(C(=O)Cn1ccccc1=O)CCCCNC2=O. The molecule has 0 fully saturated rings. The van der Waals surface area contributed by atoms with Gasteiger partial charge in [-0.1, -0.05) is 26.0 Å². The second-order valence-corrected chi connectivity index (χ2v) is 11.4. The number of pyridine rings is 1. The molecule has 4 amide bonds. The van der Waals surface area contributed by atoms with Gasteiger partial charge in [-0.05, 0) is 55.2 Å². The third kappa shape index (κ3) is 9.12. The van der Waals surface area contributed by atoms with E-state index in [4.69, 9.17) is 14.2 Å². The molecule has 13 nitrogen and oxygen atoms in total. The normalized spacial score (nSPS) is 16.6. The van der Waals surface area contributed by atoms with Crippen molar-refractivity contribution in [2.75, 3.05) is 33.9 Å². The molecule has 0 spiro atoms. The molecule has 0 radical (unpaired) electrons. The van der Waals surface area contributed by atoms with Crippen LogP contribution in [0.2, 0.25) is 0 Å². The van der Waals surface area contributed by atoms with Gasteiger partial charge in [0.15, 0.2) is 11.5 Å². The molecular formula is C34H41N5O8. The zero-order valence-corrected chi connectivity index (χ0v) is 27.0. The average Bonchev–Trinajstić information content (AvgIpc) is 3.05. The number of aromatic nitrogens is 1. The number of hydrogen-bond acceptors (Lipinski definition) is 8. The van der Waals surface area contributed by atoms with E-state index in [1.807, 2.05) is 0 Å². The lowest BCUT2D eigenvalue weighted by molar-refractivity contribution is -0.137. The second kappa shape index (κ2) is 16.3. The minimum absolute atomic E-state index is 0.00377. The average molecular weight is 648 g/mol. The Labute approximate surface area is 273 Å². The Morgan fingerprint density at radius 2 is 1.72 bits per heavy atom. The van der Waals surface area contributed by atoms with E-state index in [9.17, 15) is 24.0 Å². The molecular weight excluding hydrogens is 606 g/mol. The molecule has 2 aromatic carbocycles. The molecule has 1 aliphatic heterocycles. The number of ether oxygens (including phenoxy) is 3. The van der Waals surface area contributed by atoms with Crippen LogP contribution in [0.25, 0.3) is 0 Å². The lowest BCUT2D eigenvalue weighted by atomic mass is 10.0. The molecule has 0 saturated heterocycles. The lowest BCUT2D eigenvalue weighted by Crippen LogP contribution is -2.52. The van der Waals surface area contributed by atoms with Crippen molar-refractivity contribution in [1.82, 2.24) is 25.4 Å².